The molecular weight excluding hydrogens is 210 g/mol. The summed E-state index contributed by atoms with van der Waals surface area (Å²) in [7, 11) is 0. The Balaban J connectivity index is 1.97. The third-order valence-electron chi connectivity index (χ3n) is 4.94. The van der Waals surface area contributed by atoms with Crippen molar-refractivity contribution in [2.24, 2.45) is 10.8 Å². The lowest BCUT2D eigenvalue weighted by Gasteiger charge is -2.47. The highest BCUT2D eigenvalue weighted by Crippen LogP contribution is 2.39. The molecule has 1 N–H and O–H groups in total. The van der Waals surface area contributed by atoms with Crippen molar-refractivity contribution in [3.63, 3.8) is 0 Å². The van der Waals surface area contributed by atoms with Crippen molar-refractivity contribution in [1.82, 2.24) is 4.90 Å². The van der Waals surface area contributed by atoms with Crippen LogP contribution in [0.4, 0.5) is 0 Å². The van der Waals surface area contributed by atoms with Gasteiger partial charge in [0.2, 0.25) is 0 Å². The standard InChI is InChI=1S/C15H29NO/c1-14(2)7-9-16(10-8-14)12-11-15(3,4)6-5-13(12)17/h12-13,17H,5-11H2,1-4H3. The SMILES string of the molecule is CC1(C)CCN(C2CC(C)(C)CCC2O)CC1. The van der Waals surface area contributed by atoms with Crippen molar-refractivity contribution in [3.8, 4) is 0 Å². The number of nitrogens with zero attached hydrogens (tertiary/aromatic N) is 1. The van der Waals surface area contributed by atoms with Gasteiger partial charge >= 0.3 is 0 Å². The highest BCUT2D eigenvalue weighted by molar-refractivity contribution is 4.93. The summed E-state index contributed by atoms with van der Waals surface area (Å²) in [4.78, 5) is 2.55. The highest BCUT2D eigenvalue weighted by atomic mass is 16.3. The van der Waals surface area contributed by atoms with E-state index in [0.29, 0.717) is 16.9 Å². The van der Waals surface area contributed by atoms with Crippen molar-refractivity contribution in [2.75, 3.05) is 13.1 Å². The van der Waals surface area contributed by atoms with Gasteiger partial charge in [0.25, 0.3) is 0 Å². The van der Waals surface area contributed by atoms with Gasteiger partial charge in [-0.15, -0.1) is 0 Å². The normalized spacial score (nSPS) is 37.9. The zero-order valence-corrected chi connectivity index (χ0v) is 12.0. The molecular formula is C15H29NO. The average Bonchev–Trinajstić information content (AvgIpc) is 2.22. The molecule has 2 aliphatic rings. The number of likely N-dealkylation sites (tertiary alicyclic amines) is 1. The maximum absolute atomic E-state index is 10.2. The molecule has 1 saturated carbocycles. The monoisotopic (exact) mass is 239 g/mol. The fraction of sp³-hybridized carbons (Fsp3) is 1.00. The van der Waals surface area contributed by atoms with Gasteiger partial charge < -0.3 is 5.11 Å². The van der Waals surface area contributed by atoms with E-state index in [-0.39, 0.29) is 6.10 Å². The van der Waals surface area contributed by atoms with E-state index in [1.807, 2.05) is 0 Å². The van der Waals surface area contributed by atoms with Crippen LogP contribution in [0.3, 0.4) is 0 Å². The van der Waals surface area contributed by atoms with Crippen molar-refractivity contribution < 1.29 is 5.11 Å². The van der Waals surface area contributed by atoms with Crippen LogP contribution in [-0.4, -0.2) is 35.2 Å². The van der Waals surface area contributed by atoms with E-state index in [4.69, 9.17) is 0 Å². The lowest BCUT2D eigenvalue weighted by molar-refractivity contribution is -0.0359. The molecule has 2 unspecified atom stereocenters. The molecule has 0 amide bonds. The molecule has 2 rings (SSSR count). The van der Waals surface area contributed by atoms with E-state index >= 15 is 0 Å². The summed E-state index contributed by atoms with van der Waals surface area (Å²) < 4.78 is 0. The molecule has 1 aliphatic carbocycles. The minimum Gasteiger partial charge on any atom is -0.391 e. The average molecular weight is 239 g/mol. The summed E-state index contributed by atoms with van der Waals surface area (Å²) >= 11 is 0. The van der Waals surface area contributed by atoms with Crippen LogP contribution in [0, 0.1) is 10.8 Å². The quantitative estimate of drug-likeness (QED) is 0.760. The first-order valence-electron chi connectivity index (χ1n) is 7.21. The second-order valence-corrected chi connectivity index (χ2v) is 7.74. The first-order valence-corrected chi connectivity index (χ1v) is 7.21. The van der Waals surface area contributed by atoms with E-state index in [0.717, 1.165) is 12.8 Å². The minimum absolute atomic E-state index is 0.0933. The van der Waals surface area contributed by atoms with Gasteiger partial charge in [0.1, 0.15) is 0 Å². The number of piperidine rings is 1. The Morgan fingerprint density at radius 2 is 1.53 bits per heavy atom. The van der Waals surface area contributed by atoms with Crippen LogP contribution in [0.5, 0.6) is 0 Å². The fourth-order valence-corrected chi connectivity index (χ4v) is 3.37. The Morgan fingerprint density at radius 1 is 0.941 bits per heavy atom. The molecule has 1 saturated heterocycles. The Kier molecular flexibility index (Phi) is 3.57. The van der Waals surface area contributed by atoms with Gasteiger partial charge in [-0.05, 0) is 56.0 Å². The maximum atomic E-state index is 10.2. The number of aliphatic hydroxyl groups excluding tert-OH is 1. The fourth-order valence-electron chi connectivity index (χ4n) is 3.37. The maximum Gasteiger partial charge on any atom is 0.0695 e. The lowest BCUT2D eigenvalue weighted by atomic mass is 9.72. The Hall–Kier alpha value is -0.0800. The van der Waals surface area contributed by atoms with Crippen molar-refractivity contribution in [1.29, 1.82) is 0 Å². The van der Waals surface area contributed by atoms with Crippen molar-refractivity contribution >= 4 is 0 Å². The summed E-state index contributed by atoms with van der Waals surface area (Å²) in [5.41, 5.74) is 0.919. The number of hydrogen-bond donors (Lipinski definition) is 1. The van der Waals surface area contributed by atoms with Gasteiger partial charge in [-0.3, -0.25) is 4.90 Å². The van der Waals surface area contributed by atoms with Crippen molar-refractivity contribution in [2.45, 2.75) is 71.9 Å². The van der Waals surface area contributed by atoms with E-state index in [1.165, 1.54) is 32.4 Å². The second kappa shape index (κ2) is 4.55. The molecule has 0 radical (unpaired) electrons. The smallest absolute Gasteiger partial charge is 0.0695 e. The molecule has 0 aromatic carbocycles. The van der Waals surface area contributed by atoms with E-state index in [9.17, 15) is 5.11 Å². The Labute approximate surface area is 106 Å². The second-order valence-electron chi connectivity index (χ2n) is 7.74. The number of aliphatic hydroxyl groups is 1. The molecule has 0 bridgehead atoms. The minimum atomic E-state index is -0.0933. The molecule has 0 spiro atoms. The summed E-state index contributed by atoms with van der Waals surface area (Å²) in [6.07, 6.45) is 5.77. The van der Waals surface area contributed by atoms with Gasteiger partial charge in [0.15, 0.2) is 0 Å². The summed E-state index contributed by atoms with van der Waals surface area (Å²) in [6, 6.07) is 0.412. The van der Waals surface area contributed by atoms with Gasteiger partial charge in [-0.25, -0.2) is 0 Å². The number of hydrogen-bond acceptors (Lipinski definition) is 2. The van der Waals surface area contributed by atoms with Gasteiger partial charge in [-0.2, -0.15) is 0 Å². The summed E-state index contributed by atoms with van der Waals surface area (Å²) in [5, 5.41) is 10.2. The first kappa shape index (κ1) is 13.4. The number of rotatable bonds is 1. The van der Waals surface area contributed by atoms with Gasteiger partial charge in [0, 0.05) is 6.04 Å². The summed E-state index contributed by atoms with van der Waals surface area (Å²) in [5.74, 6) is 0. The molecule has 0 aromatic rings. The van der Waals surface area contributed by atoms with Crippen LogP contribution >= 0.6 is 0 Å². The van der Waals surface area contributed by atoms with Gasteiger partial charge in [-0.1, -0.05) is 27.7 Å². The van der Waals surface area contributed by atoms with E-state index < -0.39 is 0 Å². The van der Waals surface area contributed by atoms with Crippen molar-refractivity contribution in [3.05, 3.63) is 0 Å². The summed E-state index contributed by atoms with van der Waals surface area (Å²) in [6.45, 7) is 11.8. The van der Waals surface area contributed by atoms with E-state index in [1.54, 1.807) is 0 Å². The third-order valence-corrected chi connectivity index (χ3v) is 4.94. The van der Waals surface area contributed by atoms with E-state index in [2.05, 4.69) is 32.6 Å². The third kappa shape index (κ3) is 3.23. The topological polar surface area (TPSA) is 23.5 Å². The Morgan fingerprint density at radius 3 is 2.12 bits per heavy atom. The first-order chi connectivity index (χ1) is 7.79. The predicted molar refractivity (Wildman–Crippen MR) is 72.0 cm³/mol. The zero-order valence-electron chi connectivity index (χ0n) is 12.0. The molecule has 100 valence electrons. The molecule has 2 fully saturated rings. The van der Waals surface area contributed by atoms with Crippen LogP contribution in [-0.2, 0) is 0 Å². The van der Waals surface area contributed by atoms with Crippen LogP contribution in [0.25, 0.3) is 0 Å². The van der Waals surface area contributed by atoms with Crippen LogP contribution < -0.4 is 0 Å². The molecule has 2 heteroatoms. The predicted octanol–water partition coefficient (Wildman–Crippen LogP) is 3.05. The molecule has 1 aliphatic heterocycles. The molecule has 2 nitrogen and oxygen atoms in total. The molecule has 1 heterocycles. The largest absolute Gasteiger partial charge is 0.391 e. The molecule has 17 heavy (non-hydrogen) atoms. The molecule has 2 atom stereocenters. The lowest BCUT2D eigenvalue weighted by Crippen LogP contribution is -2.52. The van der Waals surface area contributed by atoms with Gasteiger partial charge in [0.05, 0.1) is 6.10 Å². The van der Waals surface area contributed by atoms with Crippen LogP contribution in [0.15, 0.2) is 0 Å². The highest BCUT2D eigenvalue weighted by Gasteiger charge is 2.39. The van der Waals surface area contributed by atoms with Crippen LogP contribution in [0.1, 0.15) is 59.8 Å². The van der Waals surface area contributed by atoms with Crippen LogP contribution in [0.2, 0.25) is 0 Å². The Bertz CT molecular complexity index is 262. The zero-order chi connectivity index (χ0) is 12.7. The molecule has 0 aromatic heterocycles.